The monoisotopic (exact) mass is 256 g/mol. The van der Waals surface area contributed by atoms with E-state index in [2.05, 4.69) is 31.1 Å². The van der Waals surface area contributed by atoms with E-state index in [0.717, 1.165) is 31.3 Å². The number of esters is 1. The average Bonchev–Trinajstić information content (AvgIpc) is 3.00. The Morgan fingerprint density at radius 3 is 2.61 bits per heavy atom. The van der Waals surface area contributed by atoms with Crippen molar-refractivity contribution in [2.45, 2.75) is 39.2 Å². The lowest BCUT2D eigenvalue weighted by atomic mass is 10.0. The maximum atomic E-state index is 11.9. The fraction of sp³-hybridized carbons (Fsp3) is 0.929. The number of carbonyl (C=O) groups is 1. The van der Waals surface area contributed by atoms with Gasteiger partial charge >= 0.3 is 5.97 Å². The standard InChI is InChI=1S/C14H28N2O2/c1-6-7-15-14(3,13(17)18-5)10-16(4)9-12-8-11(12)2/h11-12,15H,6-10H2,1-5H3. The minimum absolute atomic E-state index is 0.174. The van der Waals surface area contributed by atoms with Gasteiger partial charge in [0.2, 0.25) is 0 Å². The fourth-order valence-corrected chi connectivity index (χ4v) is 2.48. The van der Waals surface area contributed by atoms with E-state index in [-0.39, 0.29) is 5.97 Å². The zero-order valence-electron chi connectivity index (χ0n) is 12.5. The first-order valence-corrected chi connectivity index (χ1v) is 6.95. The van der Waals surface area contributed by atoms with E-state index in [1.807, 2.05) is 6.92 Å². The summed E-state index contributed by atoms with van der Waals surface area (Å²) in [7, 11) is 3.54. The second kappa shape index (κ2) is 6.53. The Morgan fingerprint density at radius 2 is 2.17 bits per heavy atom. The van der Waals surface area contributed by atoms with Crippen molar-refractivity contribution in [1.29, 1.82) is 0 Å². The number of hydrogen-bond donors (Lipinski definition) is 1. The lowest BCUT2D eigenvalue weighted by Crippen LogP contribution is -2.57. The van der Waals surface area contributed by atoms with Gasteiger partial charge in [-0.15, -0.1) is 0 Å². The molecule has 0 aliphatic heterocycles. The molecule has 3 atom stereocenters. The van der Waals surface area contributed by atoms with E-state index in [1.54, 1.807) is 0 Å². The molecule has 1 rings (SSSR count). The Balaban J connectivity index is 2.50. The molecular weight excluding hydrogens is 228 g/mol. The molecule has 1 N–H and O–H groups in total. The van der Waals surface area contributed by atoms with Crippen LogP contribution in [-0.2, 0) is 9.53 Å². The summed E-state index contributed by atoms with van der Waals surface area (Å²) in [5.41, 5.74) is -0.600. The summed E-state index contributed by atoms with van der Waals surface area (Å²) in [4.78, 5) is 14.2. The molecule has 4 nitrogen and oxygen atoms in total. The normalized spacial score (nSPS) is 25.9. The summed E-state index contributed by atoms with van der Waals surface area (Å²) in [5.74, 6) is 1.48. The van der Waals surface area contributed by atoms with Crippen LogP contribution in [0.15, 0.2) is 0 Å². The van der Waals surface area contributed by atoms with Crippen LogP contribution in [0.25, 0.3) is 0 Å². The molecule has 3 unspecified atom stereocenters. The van der Waals surface area contributed by atoms with Gasteiger partial charge in [-0.3, -0.25) is 4.79 Å². The number of methoxy groups -OCH3 is 1. The summed E-state index contributed by atoms with van der Waals surface area (Å²) < 4.78 is 4.93. The van der Waals surface area contributed by atoms with Crippen LogP contribution in [-0.4, -0.2) is 50.2 Å². The van der Waals surface area contributed by atoms with Crippen molar-refractivity contribution in [2.24, 2.45) is 11.8 Å². The molecule has 0 radical (unpaired) electrons. The third kappa shape index (κ3) is 4.25. The minimum atomic E-state index is -0.600. The largest absolute Gasteiger partial charge is 0.468 e. The Labute approximate surface area is 111 Å². The highest BCUT2D eigenvalue weighted by molar-refractivity contribution is 5.80. The average molecular weight is 256 g/mol. The van der Waals surface area contributed by atoms with E-state index in [9.17, 15) is 4.79 Å². The molecule has 1 aliphatic rings. The van der Waals surface area contributed by atoms with E-state index >= 15 is 0 Å². The number of rotatable bonds is 8. The molecule has 0 bridgehead atoms. The van der Waals surface area contributed by atoms with Gasteiger partial charge in [0.15, 0.2) is 0 Å². The number of carbonyl (C=O) groups excluding carboxylic acids is 1. The van der Waals surface area contributed by atoms with E-state index < -0.39 is 5.54 Å². The summed E-state index contributed by atoms with van der Waals surface area (Å²) in [6.45, 7) is 8.92. The van der Waals surface area contributed by atoms with Crippen LogP contribution >= 0.6 is 0 Å². The number of nitrogens with one attached hydrogen (secondary N) is 1. The first-order valence-electron chi connectivity index (χ1n) is 6.95. The van der Waals surface area contributed by atoms with Crippen LogP contribution in [0.1, 0.15) is 33.6 Å². The Bertz CT molecular complexity index is 283. The zero-order chi connectivity index (χ0) is 13.8. The van der Waals surface area contributed by atoms with Crippen LogP contribution in [0, 0.1) is 11.8 Å². The maximum absolute atomic E-state index is 11.9. The van der Waals surface area contributed by atoms with Gasteiger partial charge in [-0.05, 0) is 45.2 Å². The number of likely N-dealkylation sites (N-methyl/N-ethyl adjacent to an activating group) is 1. The third-order valence-corrected chi connectivity index (χ3v) is 3.81. The first-order chi connectivity index (χ1) is 8.42. The highest BCUT2D eigenvalue weighted by Crippen LogP contribution is 2.38. The Hall–Kier alpha value is -0.610. The molecule has 0 spiro atoms. The van der Waals surface area contributed by atoms with Gasteiger partial charge in [-0.25, -0.2) is 0 Å². The molecular formula is C14H28N2O2. The summed E-state index contributed by atoms with van der Waals surface area (Å²) in [6, 6.07) is 0. The van der Waals surface area contributed by atoms with Crippen molar-refractivity contribution in [3.63, 3.8) is 0 Å². The summed E-state index contributed by atoms with van der Waals surface area (Å²) >= 11 is 0. The van der Waals surface area contributed by atoms with Crippen molar-refractivity contribution < 1.29 is 9.53 Å². The minimum Gasteiger partial charge on any atom is -0.468 e. The van der Waals surface area contributed by atoms with Gasteiger partial charge in [0.25, 0.3) is 0 Å². The lowest BCUT2D eigenvalue weighted by Gasteiger charge is -2.32. The molecule has 0 amide bonds. The smallest absolute Gasteiger partial charge is 0.327 e. The van der Waals surface area contributed by atoms with Crippen LogP contribution in [0.2, 0.25) is 0 Å². The summed E-state index contributed by atoms with van der Waals surface area (Å²) in [5, 5.41) is 3.32. The van der Waals surface area contributed by atoms with Gasteiger partial charge in [-0.1, -0.05) is 13.8 Å². The predicted molar refractivity (Wildman–Crippen MR) is 73.5 cm³/mol. The SMILES string of the molecule is CCCNC(C)(CN(C)CC1CC1C)C(=O)OC. The van der Waals surface area contributed by atoms with Crippen LogP contribution in [0.5, 0.6) is 0 Å². The summed E-state index contributed by atoms with van der Waals surface area (Å²) in [6.07, 6.45) is 2.33. The fourth-order valence-electron chi connectivity index (χ4n) is 2.48. The van der Waals surface area contributed by atoms with Gasteiger partial charge in [0.05, 0.1) is 7.11 Å². The number of ether oxygens (including phenoxy) is 1. The lowest BCUT2D eigenvalue weighted by molar-refractivity contribution is -0.148. The molecule has 1 aliphatic carbocycles. The van der Waals surface area contributed by atoms with Crippen molar-refractivity contribution in [2.75, 3.05) is 33.8 Å². The molecule has 0 saturated heterocycles. The zero-order valence-corrected chi connectivity index (χ0v) is 12.5. The second-order valence-electron chi connectivity index (χ2n) is 5.92. The molecule has 0 aromatic rings. The number of nitrogens with zero attached hydrogens (tertiary/aromatic N) is 1. The first kappa shape index (κ1) is 15.4. The number of hydrogen-bond acceptors (Lipinski definition) is 4. The third-order valence-electron chi connectivity index (χ3n) is 3.81. The molecule has 106 valence electrons. The van der Waals surface area contributed by atoms with Crippen LogP contribution in [0.4, 0.5) is 0 Å². The Kier molecular flexibility index (Phi) is 5.60. The van der Waals surface area contributed by atoms with Gasteiger partial charge in [0, 0.05) is 13.1 Å². The Morgan fingerprint density at radius 1 is 1.56 bits per heavy atom. The predicted octanol–water partition coefficient (Wildman–Crippen LogP) is 1.51. The molecule has 18 heavy (non-hydrogen) atoms. The second-order valence-corrected chi connectivity index (χ2v) is 5.92. The molecule has 4 heteroatoms. The van der Waals surface area contributed by atoms with Crippen LogP contribution < -0.4 is 5.32 Å². The van der Waals surface area contributed by atoms with Gasteiger partial charge in [-0.2, -0.15) is 0 Å². The maximum Gasteiger partial charge on any atom is 0.327 e. The van der Waals surface area contributed by atoms with Crippen molar-refractivity contribution in [3.8, 4) is 0 Å². The molecule has 0 heterocycles. The molecule has 1 saturated carbocycles. The molecule has 0 aromatic carbocycles. The van der Waals surface area contributed by atoms with Crippen LogP contribution in [0.3, 0.4) is 0 Å². The highest BCUT2D eigenvalue weighted by Gasteiger charge is 2.38. The topological polar surface area (TPSA) is 41.6 Å². The van der Waals surface area contributed by atoms with E-state index in [0.29, 0.717) is 6.54 Å². The van der Waals surface area contributed by atoms with Crippen molar-refractivity contribution in [3.05, 3.63) is 0 Å². The molecule has 0 aromatic heterocycles. The quantitative estimate of drug-likeness (QED) is 0.668. The van der Waals surface area contributed by atoms with Crippen molar-refractivity contribution in [1.82, 2.24) is 10.2 Å². The molecule has 1 fully saturated rings. The van der Waals surface area contributed by atoms with E-state index in [1.165, 1.54) is 13.5 Å². The highest BCUT2D eigenvalue weighted by atomic mass is 16.5. The van der Waals surface area contributed by atoms with Crippen molar-refractivity contribution >= 4 is 5.97 Å². The van der Waals surface area contributed by atoms with Gasteiger partial charge in [0.1, 0.15) is 5.54 Å². The van der Waals surface area contributed by atoms with E-state index in [4.69, 9.17) is 4.74 Å². The van der Waals surface area contributed by atoms with Gasteiger partial charge < -0.3 is 15.0 Å².